The number of nitrogens with zero attached hydrogens (tertiary/aromatic N) is 4. The molecule has 0 radical (unpaired) electrons. The molecule has 1 saturated heterocycles. The van der Waals surface area contributed by atoms with Crippen molar-refractivity contribution in [2.24, 2.45) is 11.8 Å². The Labute approximate surface area is 186 Å². The van der Waals surface area contributed by atoms with Gasteiger partial charge in [0.1, 0.15) is 10.0 Å². The highest BCUT2D eigenvalue weighted by atomic mass is 35.5. The lowest BCUT2D eigenvalue weighted by Crippen LogP contribution is -2.47. The van der Waals surface area contributed by atoms with Crippen molar-refractivity contribution in [3.8, 4) is 0 Å². The molecule has 1 aliphatic rings. The molecular weight excluding hydrogens is 424 g/mol. The number of amides is 1. The van der Waals surface area contributed by atoms with Gasteiger partial charge < -0.3 is 9.80 Å². The number of carbonyl (C=O) groups excluding carboxylic acids is 1. The van der Waals surface area contributed by atoms with Crippen LogP contribution in [0.1, 0.15) is 40.5 Å². The van der Waals surface area contributed by atoms with Crippen LogP contribution in [-0.2, 0) is 14.8 Å². The first-order chi connectivity index (χ1) is 14.2. The highest BCUT2D eigenvalue weighted by Crippen LogP contribution is 2.28. The summed E-state index contributed by atoms with van der Waals surface area (Å²) in [5.74, 6) is 0.391. The third-order valence-corrected chi connectivity index (χ3v) is 7.97. The molecule has 0 spiro atoms. The molecule has 0 aliphatic carbocycles. The second-order valence-electron chi connectivity index (χ2n) is 8.18. The van der Waals surface area contributed by atoms with E-state index in [2.05, 4.69) is 37.6 Å². The molecule has 1 aromatic heterocycles. The Morgan fingerprint density at radius 3 is 2.40 bits per heavy atom. The van der Waals surface area contributed by atoms with E-state index in [9.17, 15) is 13.2 Å². The zero-order chi connectivity index (χ0) is 22.3. The fourth-order valence-corrected chi connectivity index (χ4v) is 5.74. The van der Waals surface area contributed by atoms with Gasteiger partial charge in [0.15, 0.2) is 0 Å². The van der Waals surface area contributed by atoms with E-state index < -0.39 is 10.0 Å². The van der Waals surface area contributed by atoms with Crippen LogP contribution in [-0.4, -0.2) is 79.2 Å². The van der Waals surface area contributed by atoms with Crippen LogP contribution in [0.15, 0.2) is 23.2 Å². The van der Waals surface area contributed by atoms with Crippen molar-refractivity contribution in [1.82, 2.24) is 19.1 Å². The summed E-state index contributed by atoms with van der Waals surface area (Å²) in [6.45, 7) is 13.3. The first-order valence-corrected chi connectivity index (χ1v) is 12.6. The summed E-state index contributed by atoms with van der Waals surface area (Å²) >= 11 is 6.00. The lowest BCUT2D eigenvalue weighted by molar-refractivity contribution is -0.137. The third-order valence-electron chi connectivity index (χ3n) is 5.62. The summed E-state index contributed by atoms with van der Waals surface area (Å²) in [7, 11) is -3.70. The predicted molar refractivity (Wildman–Crippen MR) is 120 cm³/mol. The van der Waals surface area contributed by atoms with Gasteiger partial charge in [-0.1, -0.05) is 39.3 Å². The molecule has 1 aromatic rings. The Morgan fingerprint density at radius 2 is 1.87 bits per heavy atom. The van der Waals surface area contributed by atoms with E-state index in [1.165, 1.54) is 16.6 Å². The molecule has 1 amide bonds. The Morgan fingerprint density at radius 1 is 1.23 bits per heavy atom. The summed E-state index contributed by atoms with van der Waals surface area (Å²) in [5, 5.41) is -0.0183. The number of hydrogen-bond donors (Lipinski definition) is 0. The number of sulfonamides is 1. The van der Waals surface area contributed by atoms with Gasteiger partial charge in [0.2, 0.25) is 15.9 Å². The molecule has 2 rings (SSSR count). The van der Waals surface area contributed by atoms with E-state index >= 15 is 0 Å². The number of halogens is 1. The van der Waals surface area contributed by atoms with E-state index in [0.717, 1.165) is 26.2 Å². The maximum absolute atomic E-state index is 13.2. The van der Waals surface area contributed by atoms with Crippen LogP contribution in [0, 0.1) is 11.8 Å². The number of hydrogen-bond acceptors (Lipinski definition) is 5. The molecule has 7 nitrogen and oxygen atoms in total. The largest absolute Gasteiger partial charge is 0.341 e. The van der Waals surface area contributed by atoms with Gasteiger partial charge in [-0.25, -0.2) is 13.4 Å². The topological polar surface area (TPSA) is 73.8 Å². The molecule has 9 heteroatoms. The van der Waals surface area contributed by atoms with E-state index in [-0.39, 0.29) is 21.9 Å². The Kier molecular flexibility index (Phi) is 9.53. The van der Waals surface area contributed by atoms with Crippen LogP contribution in [0.2, 0.25) is 5.15 Å². The lowest BCUT2D eigenvalue weighted by Gasteiger charge is -2.35. The molecule has 0 bridgehead atoms. The Hall–Kier alpha value is -1.22. The summed E-state index contributed by atoms with van der Waals surface area (Å²) in [5.41, 5.74) is 0. The van der Waals surface area contributed by atoms with Gasteiger partial charge in [-0.15, -0.1) is 0 Å². The minimum atomic E-state index is -3.70. The van der Waals surface area contributed by atoms with Crippen molar-refractivity contribution in [2.75, 3.05) is 45.8 Å². The first-order valence-electron chi connectivity index (χ1n) is 10.8. The van der Waals surface area contributed by atoms with E-state index in [0.29, 0.717) is 38.4 Å². The number of aromatic nitrogens is 1. The molecule has 30 heavy (non-hydrogen) atoms. The highest BCUT2D eigenvalue weighted by molar-refractivity contribution is 7.89. The van der Waals surface area contributed by atoms with E-state index in [4.69, 9.17) is 11.6 Å². The van der Waals surface area contributed by atoms with Gasteiger partial charge in [0.05, 0.1) is 0 Å². The molecule has 0 saturated carbocycles. The minimum Gasteiger partial charge on any atom is -0.341 e. The second-order valence-corrected chi connectivity index (χ2v) is 10.4. The van der Waals surface area contributed by atoms with Crippen LogP contribution in [0.25, 0.3) is 0 Å². The standard InChI is InChI=1S/C21H35ClN4O3S/c1-5-24(6-2)14-15-25(16-17(3)4)21(27)18-9-12-26(13-10-18)30(28,29)19-8-7-11-23-20(19)22/h7-8,11,17-18H,5-6,9-10,12-16H2,1-4H3. The smallest absolute Gasteiger partial charge is 0.246 e. The van der Waals surface area contributed by atoms with Crippen LogP contribution >= 0.6 is 11.6 Å². The van der Waals surface area contributed by atoms with Crippen molar-refractivity contribution < 1.29 is 13.2 Å². The average Bonchev–Trinajstić information content (AvgIpc) is 2.73. The first kappa shape index (κ1) is 25.0. The van der Waals surface area contributed by atoms with Gasteiger partial charge in [-0.2, -0.15) is 4.31 Å². The fourth-order valence-electron chi connectivity index (χ4n) is 3.84. The SMILES string of the molecule is CCN(CC)CCN(CC(C)C)C(=O)C1CCN(S(=O)(=O)c2cccnc2Cl)CC1. The lowest BCUT2D eigenvalue weighted by atomic mass is 9.96. The van der Waals surface area contributed by atoms with Gasteiger partial charge >= 0.3 is 0 Å². The molecule has 1 fully saturated rings. The molecule has 170 valence electrons. The minimum absolute atomic E-state index is 0.0183. The molecule has 0 atom stereocenters. The van der Waals surface area contributed by atoms with Gasteiger partial charge in [0.25, 0.3) is 0 Å². The maximum Gasteiger partial charge on any atom is 0.246 e. The zero-order valence-corrected chi connectivity index (χ0v) is 20.1. The van der Waals surface area contributed by atoms with Crippen LogP contribution < -0.4 is 0 Å². The fraction of sp³-hybridized carbons (Fsp3) is 0.714. The number of pyridine rings is 1. The van der Waals surface area contributed by atoms with Crippen molar-refractivity contribution >= 4 is 27.5 Å². The van der Waals surface area contributed by atoms with Crippen molar-refractivity contribution in [2.45, 2.75) is 45.4 Å². The Bertz CT molecular complexity index is 791. The normalized spacial score (nSPS) is 16.4. The number of rotatable bonds is 10. The molecule has 0 N–H and O–H groups in total. The summed E-state index contributed by atoms with van der Waals surface area (Å²) in [4.78, 5) is 21.4. The highest BCUT2D eigenvalue weighted by Gasteiger charge is 2.35. The van der Waals surface area contributed by atoms with Crippen molar-refractivity contribution in [1.29, 1.82) is 0 Å². The molecule has 0 unspecified atom stereocenters. The monoisotopic (exact) mass is 458 g/mol. The molecular formula is C21H35ClN4O3S. The van der Waals surface area contributed by atoms with Gasteiger partial charge in [-0.05, 0) is 44.0 Å². The van der Waals surface area contributed by atoms with E-state index in [1.54, 1.807) is 6.07 Å². The summed E-state index contributed by atoms with van der Waals surface area (Å²) < 4.78 is 27.2. The molecule has 0 aromatic carbocycles. The van der Waals surface area contributed by atoms with E-state index in [1.807, 2.05) is 4.90 Å². The summed E-state index contributed by atoms with van der Waals surface area (Å²) in [6, 6.07) is 3.04. The Balaban J connectivity index is 2.02. The zero-order valence-electron chi connectivity index (χ0n) is 18.6. The van der Waals surface area contributed by atoms with Crippen LogP contribution in [0.5, 0.6) is 0 Å². The second kappa shape index (κ2) is 11.4. The average molecular weight is 459 g/mol. The maximum atomic E-state index is 13.2. The van der Waals surface area contributed by atoms with Gasteiger partial charge in [-0.3, -0.25) is 4.79 Å². The van der Waals surface area contributed by atoms with Crippen LogP contribution in [0.3, 0.4) is 0 Å². The number of carbonyl (C=O) groups is 1. The predicted octanol–water partition coefficient (Wildman–Crippen LogP) is 2.96. The quantitative estimate of drug-likeness (QED) is 0.504. The van der Waals surface area contributed by atoms with Gasteiger partial charge in [0, 0.05) is 44.8 Å². The van der Waals surface area contributed by atoms with Crippen molar-refractivity contribution in [3.05, 3.63) is 23.5 Å². The van der Waals surface area contributed by atoms with Crippen molar-refractivity contribution in [3.63, 3.8) is 0 Å². The summed E-state index contributed by atoms with van der Waals surface area (Å²) in [6.07, 6.45) is 2.51. The number of piperidine rings is 1. The third kappa shape index (κ3) is 6.39. The molecule has 2 heterocycles. The van der Waals surface area contributed by atoms with Crippen LogP contribution in [0.4, 0.5) is 0 Å². The molecule has 1 aliphatic heterocycles. The number of likely N-dealkylation sites (N-methyl/N-ethyl adjacent to an activating group) is 1.